The van der Waals surface area contributed by atoms with Crippen LogP contribution in [0.15, 0.2) is 36.5 Å². The smallest absolute Gasteiger partial charge is 0.417 e. The Kier molecular flexibility index (Phi) is 5.68. The largest absolute Gasteiger partial charge is 0.492 e. The number of nitrogens with one attached hydrogen (secondary N) is 1. The molecule has 3 aromatic rings. The molecular formula is C23H29N4O5+. The zero-order valence-electron chi connectivity index (χ0n) is 18.7. The van der Waals surface area contributed by atoms with E-state index in [1.54, 1.807) is 18.2 Å². The maximum Gasteiger partial charge on any atom is 0.417 e. The summed E-state index contributed by atoms with van der Waals surface area (Å²) < 4.78 is 13.4. The van der Waals surface area contributed by atoms with Gasteiger partial charge in [-0.1, -0.05) is 0 Å². The number of rotatable bonds is 7. The number of hydrogen-bond donors (Lipinski definition) is 3. The molecule has 0 aliphatic heterocycles. The fourth-order valence-electron chi connectivity index (χ4n) is 4.01. The number of aromatic nitrogens is 3. The number of carbonyl (C=O) groups is 1. The van der Waals surface area contributed by atoms with Gasteiger partial charge in [0.25, 0.3) is 0 Å². The highest BCUT2D eigenvalue weighted by Gasteiger charge is 2.40. The molecule has 1 aliphatic carbocycles. The molecule has 1 fully saturated rings. The summed E-state index contributed by atoms with van der Waals surface area (Å²) in [5.41, 5.74) is 0.577. The Labute approximate surface area is 186 Å². The monoisotopic (exact) mass is 441 g/mol. The van der Waals surface area contributed by atoms with Crippen molar-refractivity contribution in [1.82, 2.24) is 9.78 Å². The van der Waals surface area contributed by atoms with Crippen molar-refractivity contribution >= 4 is 22.5 Å². The minimum Gasteiger partial charge on any atom is -0.492 e. The lowest BCUT2D eigenvalue weighted by Crippen LogP contribution is -2.41. The fourth-order valence-corrected chi connectivity index (χ4v) is 4.01. The number of methoxy groups -OCH3 is 1. The molecule has 2 heterocycles. The number of ether oxygens (including phenoxy) is 2. The van der Waals surface area contributed by atoms with Gasteiger partial charge in [0, 0.05) is 23.7 Å². The number of carbonyl (C=O) groups excluding carboxylic acids is 1. The summed E-state index contributed by atoms with van der Waals surface area (Å²) in [6, 6.07) is 8.51. The Morgan fingerprint density at radius 2 is 2.09 bits per heavy atom. The highest BCUT2D eigenvalue weighted by molar-refractivity contribution is 6.04. The summed E-state index contributed by atoms with van der Waals surface area (Å²) >= 11 is 0. The van der Waals surface area contributed by atoms with Crippen LogP contribution in [0.1, 0.15) is 50.1 Å². The lowest BCUT2D eigenvalue weighted by molar-refractivity contribution is -0.907. The summed E-state index contributed by atoms with van der Waals surface area (Å²) in [4.78, 5) is 12.8. The van der Waals surface area contributed by atoms with Crippen LogP contribution in [0.2, 0.25) is 0 Å². The van der Waals surface area contributed by atoms with Crippen molar-refractivity contribution in [2.24, 2.45) is 5.92 Å². The highest BCUT2D eigenvalue weighted by atomic mass is 16.5. The maximum absolute atomic E-state index is 12.8. The SMILES string of the molecule is CCOc1cc2nn(C3CC(C(C)(C)O)C3)cc2cc1NC(=O)c1cccc(OC)[n+]1O. The molecule has 1 amide bonds. The van der Waals surface area contributed by atoms with Gasteiger partial charge in [0.05, 0.1) is 47.4 Å². The van der Waals surface area contributed by atoms with Gasteiger partial charge in [0.1, 0.15) is 5.75 Å². The van der Waals surface area contributed by atoms with Crippen LogP contribution < -0.4 is 19.5 Å². The zero-order valence-corrected chi connectivity index (χ0v) is 18.7. The lowest BCUT2D eigenvalue weighted by atomic mass is 9.71. The van der Waals surface area contributed by atoms with E-state index >= 15 is 0 Å². The molecule has 4 rings (SSSR count). The summed E-state index contributed by atoms with van der Waals surface area (Å²) in [5, 5.41) is 28.8. The second kappa shape index (κ2) is 8.31. The van der Waals surface area contributed by atoms with Crippen molar-refractivity contribution in [3.05, 3.63) is 42.2 Å². The van der Waals surface area contributed by atoms with E-state index in [2.05, 4.69) is 5.32 Å². The normalized spacial score (nSPS) is 18.3. The average molecular weight is 442 g/mol. The fraction of sp³-hybridized carbons (Fsp3) is 0.435. The molecule has 170 valence electrons. The zero-order chi connectivity index (χ0) is 23.0. The Balaban J connectivity index is 1.61. The Morgan fingerprint density at radius 3 is 2.75 bits per heavy atom. The van der Waals surface area contributed by atoms with Crippen LogP contribution in [0.25, 0.3) is 10.9 Å². The van der Waals surface area contributed by atoms with Crippen LogP contribution in [0.5, 0.6) is 11.6 Å². The van der Waals surface area contributed by atoms with E-state index in [1.165, 1.54) is 13.2 Å². The number of pyridine rings is 1. The van der Waals surface area contributed by atoms with Crippen LogP contribution in [0, 0.1) is 5.92 Å². The molecule has 0 spiro atoms. The first-order chi connectivity index (χ1) is 15.2. The summed E-state index contributed by atoms with van der Waals surface area (Å²) in [7, 11) is 1.41. The summed E-state index contributed by atoms with van der Waals surface area (Å²) in [5.74, 6) is 0.381. The standard InChI is InChI=1S/C23H28N4O5/c1-5-32-20-12-17-14(13-26(25-17)16-10-15(11-16)23(2,3)29)9-18(20)24-22(28)19-7-6-8-21(31-4)27(19)30/h6-9,12-13,15-16,29H,5,10-11H2,1-4H3,(H-,24,28,30)/p+1. The van der Waals surface area contributed by atoms with Crippen molar-refractivity contribution in [3.8, 4) is 11.6 Å². The van der Waals surface area contributed by atoms with E-state index < -0.39 is 11.5 Å². The molecule has 0 unspecified atom stereocenters. The molecule has 1 aliphatic rings. The Morgan fingerprint density at radius 1 is 1.34 bits per heavy atom. The van der Waals surface area contributed by atoms with Gasteiger partial charge >= 0.3 is 17.5 Å². The first-order valence-electron chi connectivity index (χ1n) is 10.7. The quantitative estimate of drug-likeness (QED) is 0.384. The molecule has 1 aromatic carbocycles. The first kappa shape index (κ1) is 21.9. The molecule has 0 bridgehead atoms. The Hall–Kier alpha value is -3.33. The van der Waals surface area contributed by atoms with E-state index in [0.29, 0.717) is 22.8 Å². The molecule has 3 N–H and O–H groups in total. The maximum atomic E-state index is 12.8. The van der Waals surface area contributed by atoms with Crippen LogP contribution in [0.3, 0.4) is 0 Å². The third-order valence-corrected chi connectivity index (χ3v) is 6.03. The van der Waals surface area contributed by atoms with Crippen molar-refractivity contribution in [1.29, 1.82) is 0 Å². The predicted molar refractivity (Wildman–Crippen MR) is 117 cm³/mol. The third-order valence-electron chi connectivity index (χ3n) is 6.03. The molecule has 0 saturated heterocycles. The number of aliphatic hydroxyl groups is 1. The van der Waals surface area contributed by atoms with Crippen LogP contribution >= 0.6 is 0 Å². The van der Waals surface area contributed by atoms with E-state index in [-0.39, 0.29) is 23.5 Å². The number of fused-ring (bicyclic) bond motifs is 1. The molecule has 0 radical (unpaired) electrons. The highest BCUT2D eigenvalue weighted by Crippen LogP contribution is 2.44. The van der Waals surface area contributed by atoms with Crippen molar-refractivity contribution in [2.75, 3.05) is 19.0 Å². The van der Waals surface area contributed by atoms with Crippen LogP contribution in [-0.2, 0) is 0 Å². The van der Waals surface area contributed by atoms with Gasteiger partial charge in [-0.25, -0.2) is 0 Å². The number of hydrogen-bond acceptors (Lipinski definition) is 6. The summed E-state index contributed by atoms with van der Waals surface area (Å²) in [6.45, 7) is 5.97. The van der Waals surface area contributed by atoms with Crippen LogP contribution in [-0.4, -0.2) is 45.3 Å². The molecule has 0 atom stereocenters. The minimum atomic E-state index is -0.688. The van der Waals surface area contributed by atoms with E-state index in [1.807, 2.05) is 37.7 Å². The predicted octanol–water partition coefficient (Wildman–Crippen LogP) is 2.94. The third kappa shape index (κ3) is 4.08. The molecule has 9 heteroatoms. The van der Waals surface area contributed by atoms with Gasteiger partial charge in [-0.05, 0) is 51.7 Å². The number of amides is 1. The van der Waals surface area contributed by atoms with Gasteiger partial charge in [0.2, 0.25) is 0 Å². The Bertz CT molecular complexity index is 1150. The second-order valence-electron chi connectivity index (χ2n) is 8.64. The first-order valence-corrected chi connectivity index (χ1v) is 10.7. The molecule has 9 nitrogen and oxygen atoms in total. The van der Waals surface area contributed by atoms with Crippen molar-refractivity contribution < 1.29 is 29.3 Å². The molecular weight excluding hydrogens is 412 g/mol. The molecule has 2 aromatic heterocycles. The van der Waals surface area contributed by atoms with E-state index in [4.69, 9.17) is 14.6 Å². The molecule has 32 heavy (non-hydrogen) atoms. The van der Waals surface area contributed by atoms with Gasteiger partial charge in [-0.3, -0.25) is 14.7 Å². The average Bonchev–Trinajstić information content (AvgIpc) is 3.08. The van der Waals surface area contributed by atoms with Crippen LogP contribution in [0.4, 0.5) is 5.69 Å². The van der Waals surface area contributed by atoms with E-state index in [9.17, 15) is 15.1 Å². The number of nitrogens with zero attached hydrogens (tertiary/aromatic N) is 3. The second-order valence-corrected chi connectivity index (χ2v) is 8.64. The number of anilines is 1. The lowest BCUT2D eigenvalue weighted by Gasteiger charge is -2.42. The summed E-state index contributed by atoms with van der Waals surface area (Å²) in [6.07, 6.45) is 3.68. The van der Waals surface area contributed by atoms with Crippen molar-refractivity contribution in [3.63, 3.8) is 0 Å². The van der Waals surface area contributed by atoms with E-state index in [0.717, 1.165) is 23.7 Å². The number of benzene rings is 1. The molecule has 1 saturated carbocycles. The van der Waals surface area contributed by atoms with Gasteiger partial charge in [-0.15, -0.1) is 0 Å². The van der Waals surface area contributed by atoms with Gasteiger partial charge < -0.3 is 19.9 Å². The van der Waals surface area contributed by atoms with Gasteiger partial charge in [0.15, 0.2) is 0 Å². The minimum absolute atomic E-state index is 0.0229. The topological polar surface area (TPSA) is 110 Å². The van der Waals surface area contributed by atoms with Gasteiger partial charge in [-0.2, -0.15) is 5.10 Å². The van der Waals surface area contributed by atoms with Crippen molar-refractivity contribution in [2.45, 2.75) is 45.3 Å².